The van der Waals surface area contributed by atoms with Crippen LogP contribution in [0.5, 0.6) is 0 Å². The summed E-state index contributed by atoms with van der Waals surface area (Å²) in [6.45, 7) is 1.95. The number of carbonyl (C=O) groups excluding carboxylic acids is 1. The van der Waals surface area contributed by atoms with E-state index in [-0.39, 0.29) is 17.9 Å². The van der Waals surface area contributed by atoms with E-state index in [1.54, 1.807) is 0 Å². The number of aliphatic hydroxyl groups excluding tert-OH is 1. The quantitative estimate of drug-likeness (QED) is 0.806. The van der Waals surface area contributed by atoms with Gasteiger partial charge in [0.2, 0.25) is 0 Å². The summed E-state index contributed by atoms with van der Waals surface area (Å²) in [6.07, 6.45) is 3.30. The van der Waals surface area contributed by atoms with Crippen LogP contribution in [0.1, 0.15) is 44.1 Å². The molecule has 1 aromatic rings. The molecule has 1 N–H and O–H groups in total. The van der Waals surface area contributed by atoms with Gasteiger partial charge < -0.3 is 5.11 Å². The monoisotopic (exact) mass is 384 g/mol. The number of Topliss-reactive ketones (excluding diaryl/α,β-unsaturated/α-hetero) is 1. The molecule has 5 atom stereocenters. The number of hydrogen-bond acceptors (Lipinski definition) is 2. The van der Waals surface area contributed by atoms with Crippen LogP contribution in [0.25, 0.3) is 0 Å². The topological polar surface area (TPSA) is 37.3 Å². The van der Waals surface area contributed by atoms with Crippen molar-refractivity contribution >= 4 is 28.4 Å². The summed E-state index contributed by atoms with van der Waals surface area (Å²) in [5.74, 6) is 1.44. The van der Waals surface area contributed by atoms with Crippen LogP contribution in [0.15, 0.2) is 24.3 Å². The van der Waals surface area contributed by atoms with Gasteiger partial charge in [-0.25, -0.2) is 0 Å². The number of fused-ring (bicyclic) bond motifs is 2. The number of carbonyl (C=O) groups is 1. The summed E-state index contributed by atoms with van der Waals surface area (Å²) < 4.78 is 1.23. The molecular formula is C17H21IO2. The summed E-state index contributed by atoms with van der Waals surface area (Å²) >= 11 is 2.31. The van der Waals surface area contributed by atoms with Gasteiger partial charge in [-0.15, -0.1) is 0 Å². The molecular weight excluding hydrogens is 363 g/mol. The predicted octanol–water partition coefficient (Wildman–Crippen LogP) is 3.76. The van der Waals surface area contributed by atoms with Crippen LogP contribution in [0.3, 0.4) is 0 Å². The lowest BCUT2D eigenvalue weighted by Crippen LogP contribution is -2.35. The minimum Gasteiger partial charge on any atom is -0.393 e. The normalized spacial score (nSPS) is 36.0. The molecule has 2 aliphatic rings. The molecule has 2 unspecified atom stereocenters. The second-order valence-electron chi connectivity index (χ2n) is 6.31. The van der Waals surface area contributed by atoms with Crippen molar-refractivity contribution in [2.24, 2.45) is 17.8 Å². The Kier molecular flexibility index (Phi) is 4.18. The molecule has 3 rings (SSSR count). The van der Waals surface area contributed by atoms with E-state index in [2.05, 4.69) is 46.9 Å². The molecule has 0 heterocycles. The number of benzene rings is 1. The molecule has 0 aliphatic heterocycles. The lowest BCUT2D eigenvalue weighted by molar-refractivity contribution is -0.127. The van der Waals surface area contributed by atoms with Crippen molar-refractivity contribution < 1.29 is 9.90 Å². The predicted molar refractivity (Wildman–Crippen MR) is 87.5 cm³/mol. The van der Waals surface area contributed by atoms with Gasteiger partial charge in [0.15, 0.2) is 0 Å². The summed E-state index contributed by atoms with van der Waals surface area (Å²) in [5, 5.41) is 10.3. The molecule has 108 valence electrons. The Morgan fingerprint density at radius 2 is 1.95 bits per heavy atom. The van der Waals surface area contributed by atoms with Gasteiger partial charge in [0.25, 0.3) is 0 Å². The van der Waals surface area contributed by atoms with E-state index in [9.17, 15) is 9.90 Å². The average Bonchev–Trinajstić information content (AvgIpc) is 2.74. The van der Waals surface area contributed by atoms with Crippen LogP contribution < -0.4 is 0 Å². The first-order chi connectivity index (χ1) is 9.60. The zero-order valence-electron chi connectivity index (χ0n) is 11.8. The SMILES string of the molecule is CCC(=O)[C@H]1[C@H](c2ccc(I)cc2)CC2CC(O)[C@@H]1C2. The number of aliphatic hydroxyl groups is 1. The summed E-state index contributed by atoms with van der Waals surface area (Å²) in [4.78, 5) is 12.4. The highest BCUT2D eigenvalue weighted by molar-refractivity contribution is 14.1. The van der Waals surface area contributed by atoms with Gasteiger partial charge in [0.05, 0.1) is 6.10 Å². The molecule has 2 aliphatic carbocycles. The fourth-order valence-corrected chi connectivity index (χ4v) is 4.65. The fourth-order valence-electron chi connectivity index (χ4n) is 4.29. The van der Waals surface area contributed by atoms with Crippen LogP contribution in [0.4, 0.5) is 0 Å². The van der Waals surface area contributed by atoms with E-state index in [1.807, 2.05) is 6.92 Å². The molecule has 3 heteroatoms. The van der Waals surface area contributed by atoms with Crippen LogP contribution >= 0.6 is 22.6 Å². The van der Waals surface area contributed by atoms with Crippen molar-refractivity contribution in [1.29, 1.82) is 0 Å². The molecule has 0 radical (unpaired) electrons. The fraction of sp³-hybridized carbons (Fsp3) is 0.588. The highest BCUT2D eigenvalue weighted by atomic mass is 127. The highest BCUT2D eigenvalue weighted by Crippen LogP contribution is 2.52. The zero-order valence-corrected chi connectivity index (χ0v) is 13.9. The second kappa shape index (κ2) is 5.76. The first kappa shape index (κ1) is 14.5. The van der Waals surface area contributed by atoms with Crippen molar-refractivity contribution in [2.45, 2.75) is 44.6 Å². The number of ketones is 1. The van der Waals surface area contributed by atoms with Crippen molar-refractivity contribution in [3.05, 3.63) is 33.4 Å². The second-order valence-corrected chi connectivity index (χ2v) is 7.55. The Morgan fingerprint density at radius 1 is 1.25 bits per heavy atom. The standard InChI is InChI=1S/C17H21IO2/c1-2-15(19)17-13(11-3-5-12(18)6-4-11)7-10-8-14(17)16(20)9-10/h3-6,10,13-14,16-17,20H,2,7-9H2,1H3/t10?,13-,14-,16?,17-/m0/s1. The van der Waals surface area contributed by atoms with Crippen molar-refractivity contribution in [3.63, 3.8) is 0 Å². The third kappa shape index (κ3) is 2.54. The maximum Gasteiger partial charge on any atom is 0.136 e. The zero-order chi connectivity index (χ0) is 14.3. The van der Waals surface area contributed by atoms with Gasteiger partial charge in [-0.2, -0.15) is 0 Å². The Morgan fingerprint density at radius 3 is 2.60 bits per heavy atom. The van der Waals surface area contributed by atoms with Gasteiger partial charge in [-0.1, -0.05) is 19.1 Å². The van der Waals surface area contributed by atoms with Crippen LogP contribution in [0, 0.1) is 21.3 Å². The molecule has 20 heavy (non-hydrogen) atoms. The van der Waals surface area contributed by atoms with Gasteiger partial charge in [0.1, 0.15) is 5.78 Å². The lowest BCUT2D eigenvalue weighted by Gasteiger charge is -2.36. The minimum atomic E-state index is -0.269. The molecule has 2 bridgehead atoms. The van der Waals surface area contributed by atoms with Crippen molar-refractivity contribution in [1.82, 2.24) is 0 Å². The number of rotatable bonds is 3. The van der Waals surface area contributed by atoms with Gasteiger partial charge in [-0.05, 0) is 77.3 Å². The molecule has 2 saturated carbocycles. The smallest absolute Gasteiger partial charge is 0.136 e. The molecule has 0 aromatic heterocycles. The third-order valence-electron chi connectivity index (χ3n) is 5.17. The maximum atomic E-state index is 12.4. The molecule has 0 spiro atoms. The molecule has 2 fully saturated rings. The van der Waals surface area contributed by atoms with E-state index in [0.717, 1.165) is 19.3 Å². The van der Waals surface area contributed by atoms with Crippen LogP contribution in [0.2, 0.25) is 0 Å². The Labute approximate surface area is 134 Å². The van der Waals surface area contributed by atoms with Crippen molar-refractivity contribution in [3.8, 4) is 0 Å². The molecule has 2 nitrogen and oxygen atoms in total. The van der Waals surface area contributed by atoms with Gasteiger partial charge >= 0.3 is 0 Å². The summed E-state index contributed by atoms with van der Waals surface area (Å²) in [6, 6.07) is 8.58. The molecule has 0 saturated heterocycles. The van der Waals surface area contributed by atoms with E-state index in [4.69, 9.17) is 0 Å². The Balaban J connectivity index is 1.95. The first-order valence-corrected chi connectivity index (χ1v) is 8.64. The Hall–Kier alpha value is -0.420. The Bertz CT molecular complexity index is 496. The summed E-state index contributed by atoms with van der Waals surface area (Å²) in [7, 11) is 0. The van der Waals surface area contributed by atoms with E-state index in [1.165, 1.54) is 9.13 Å². The number of hydrogen-bond donors (Lipinski definition) is 1. The third-order valence-corrected chi connectivity index (χ3v) is 5.89. The van der Waals surface area contributed by atoms with Crippen molar-refractivity contribution in [2.75, 3.05) is 0 Å². The van der Waals surface area contributed by atoms with Crippen LogP contribution in [-0.4, -0.2) is 17.0 Å². The van der Waals surface area contributed by atoms with E-state index < -0.39 is 0 Å². The van der Waals surface area contributed by atoms with Gasteiger partial charge in [-0.3, -0.25) is 4.79 Å². The average molecular weight is 384 g/mol. The summed E-state index contributed by atoms with van der Waals surface area (Å²) in [5.41, 5.74) is 1.28. The first-order valence-electron chi connectivity index (χ1n) is 7.56. The highest BCUT2D eigenvalue weighted by Gasteiger charge is 2.49. The minimum absolute atomic E-state index is 0.0220. The number of halogens is 1. The lowest BCUT2D eigenvalue weighted by atomic mass is 9.67. The van der Waals surface area contributed by atoms with E-state index in [0.29, 0.717) is 24.0 Å². The van der Waals surface area contributed by atoms with Gasteiger partial charge in [0, 0.05) is 15.9 Å². The largest absolute Gasteiger partial charge is 0.393 e. The van der Waals surface area contributed by atoms with Crippen LogP contribution in [-0.2, 0) is 4.79 Å². The molecule has 1 aromatic carbocycles. The maximum absolute atomic E-state index is 12.4. The van der Waals surface area contributed by atoms with E-state index >= 15 is 0 Å². The molecule has 0 amide bonds.